The first-order valence-corrected chi connectivity index (χ1v) is 10.3. The molecule has 0 fully saturated rings. The van der Waals surface area contributed by atoms with E-state index >= 15 is 0 Å². The summed E-state index contributed by atoms with van der Waals surface area (Å²) in [7, 11) is 0. The van der Waals surface area contributed by atoms with E-state index in [-0.39, 0.29) is 11.8 Å². The van der Waals surface area contributed by atoms with Crippen LogP contribution in [0.4, 0.5) is 5.69 Å². The topological polar surface area (TPSA) is 93.5 Å². The molecule has 7 nitrogen and oxygen atoms in total. The summed E-state index contributed by atoms with van der Waals surface area (Å²) in [4.78, 5) is 24.2. The second-order valence-electron chi connectivity index (χ2n) is 7.03. The molecule has 0 unspecified atom stereocenters. The average Bonchev–Trinajstić information content (AvgIpc) is 3.09. The number of benzene rings is 2. The molecule has 8 heteroatoms. The minimum atomic E-state index is -0.199. The van der Waals surface area contributed by atoms with Gasteiger partial charge in [0.1, 0.15) is 18.1 Å². The van der Waals surface area contributed by atoms with E-state index < -0.39 is 0 Å². The Morgan fingerprint density at radius 3 is 2.42 bits per heavy atom. The van der Waals surface area contributed by atoms with Gasteiger partial charge in [0.2, 0.25) is 5.91 Å². The summed E-state index contributed by atoms with van der Waals surface area (Å²) >= 11 is 5.82. The first kappa shape index (κ1) is 22.4. The Bertz CT molecular complexity index is 1010. The lowest BCUT2D eigenvalue weighted by Gasteiger charge is -2.08. The molecule has 0 radical (unpaired) electrons. The fraction of sp³-hybridized carbons (Fsp3) is 0.261. The third-order valence-corrected chi connectivity index (χ3v) is 4.93. The van der Waals surface area contributed by atoms with Crippen molar-refractivity contribution in [3.63, 3.8) is 0 Å². The Kier molecular flexibility index (Phi) is 7.67. The van der Waals surface area contributed by atoms with E-state index in [9.17, 15) is 9.59 Å². The number of aromatic nitrogens is 1. The van der Waals surface area contributed by atoms with E-state index in [0.717, 1.165) is 17.0 Å². The van der Waals surface area contributed by atoms with Crippen LogP contribution in [0.2, 0.25) is 5.02 Å². The highest BCUT2D eigenvalue weighted by atomic mass is 35.5. The Morgan fingerprint density at radius 2 is 1.77 bits per heavy atom. The Balaban J connectivity index is 1.38. The number of rotatable bonds is 9. The second-order valence-corrected chi connectivity index (χ2v) is 7.47. The first-order valence-electron chi connectivity index (χ1n) is 9.90. The van der Waals surface area contributed by atoms with Crippen LogP contribution in [0.15, 0.2) is 53.1 Å². The molecule has 1 heterocycles. The molecule has 0 aliphatic heterocycles. The van der Waals surface area contributed by atoms with Crippen LogP contribution in [-0.2, 0) is 11.4 Å². The lowest BCUT2D eigenvalue weighted by molar-refractivity contribution is -0.116. The standard InChI is InChI=1S/C23H24ClN3O4/c1-15-21(16(2)31-27-15)14-30-20-11-5-17(6-12-20)23(29)25-13-3-4-22(28)26-19-9-7-18(24)8-10-19/h5-12H,3-4,13-14H2,1-2H3,(H,25,29)(H,26,28). The summed E-state index contributed by atoms with van der Waals surface area (Å²) in [6.07, 6.45) is 0.835. The summed E-state index contributed by atoms with van der Waals surface area (Å²) in [6, 6.07) is 13.8. The maximum atomic E-state index is 12.3. The molecule has 0 atom stereocenters. The molecule has 0 aliphatic carbocycles. The van der Waals surface area contributed by atoms with Gasteiger partial charge in [-0.25, -0.2) is 0 Å². The summed E-state index contributed by atoms with van der Waals surface area (Å²) in [5.74, 6) is 1.07. The fourth-order valence-corrected chi connectivity index (χ4v) is 3.00. The van der Waals surface area contributed by atoms with Crippen molar-refractivity contribution in [1.29, 1.82) is 0 Å². The lowest BCUT2D eigenvalue weighted by Crippen LogP contribution is -2.25. The smallest absolute Gasteiger partial charge is 0.251 e. The molecule has 162 valence electrons. The number of ether oxygens (including phenoxy) is 1. The van der Waals surface area contributed by atoms with Gasteiger partial charge in [-0.05, 0) is 68.8 Å². The van der Waals surface area contributed by atoms with E-state index in [2.05, 4.69) is 15.8 Å². The molecule has 2 amide bonds. The van der Waals surface area contributed by atoms with Gasteiger partial charge in [0.25, 0.3) is 5.91 Å². The van der Waals surface area contributed by atoms with Crippen molar-refractivity contribution >= 4 is 29.1 Å². The van der Waals surface area contributed by atoms with Crippen LogP contribution in [-0.4, -0.2) is 23.5 Å². The third kappa shape index (κ3) is 6.58. The predicted molar refractivity (Wildman–Crippen MR) is 118 cm³/mol. The number of carbonyl (C=O) groups is 2. The van der Waals surface area contributed by atoms with Crippen LogP contribution in [0.3, 0.4) is 0 Å². The van der Waals surface area contributed by atoms with Crippen molar-refractivity contribution in [2.75, 3.05) is 11.9 Å². The highest BCUT2D eigenvalue weighted by Crippen LogP contribution is 2.18. The number of hydrogen-bond donors (Lipinski definition) is 2. The van der Waals surface area contributed by atoms with E-state index in [1.165, 1.54) is 0 Å². The Morgan fingerprint density at radius 1 is 1.06 bits per heavy atom. The van der Waals surface area contributed by atoms with Crippen LogP contribution in [0.25, 0.3) is 0 Å². The van der Waals surface area contributed by atoms with Gasteiger partial charge in [-0.1, -0.05) is 16.8 Å². The molecular formula is C23H24ClN3O4. The number of aryl methyl sites for hydroxylation is 2. The van der Waals surface area contributed by atoms with Crippen LogP contribution in [0.1, 0.15) is 40.2 Å². The average molecular weight is 442 g/mol. The van der Waals surface area contributed by atoms with Gasteiger partial charge in [-0.3, -0.25) is 9.59 Å². The number of halogens is 1. The summed E-state index contributed by atoms with van der Waals surface area (Å²) in [5.41, 5.74) is 2.93. The van der Waals surface area contributed by atoms with Crippen molar-refractivity contribution in [2.45, 2.75) is 33.3 Å². The summed E-state index contributed by atoms with van der Waals surface area (Å²) in [6.45, 7) is 4.46. The number of nitrogens with one attached hydrogen (secondary N) is 2. The van der Waals surface area contributed by atoms with Gasteiger partial charge >= 0.3 is 0 Å². The van der Waals surface area contributed by atoms with Crippen LogP contribution >= 0.6 is 11.6 Å². The van der Waals surface area contributed by atoms with Gasteiger partial charge in [0, 0.05) is 29.2 Å². The molecule has 0 saturated heterocycles. The molecule has 31 heavy (non-hydrogen) atoms. The highest BCUT2D eigenvalue weighted by Gasteiger charge is 2.10. The number of hydrogen-bond acceptors (Lipinski definition) is 5. The normalized spacial score (nSPS) is 10.5. The van der Waals surface area contributed by atoms with Crippen molar-refractivity contribution < 1.29 is 18.8 Å². The van der Waals surface area contributed by atoms with Crippen LogP contribution < -0.4 is 15.4 Å². The monoisotopic (exact) mass is 441 g/mol. The fourth-order valence-electron chi connectivity index (χ4n) is 2.88. The molecule has 1 aromatic heterocycles. The highest BCUT2D eigenvalue weighted by molar-refractivity contribution is 6.30. The molecule has 2 aromatic carbocycles. The molecule has 3 aromatic rings. The lowest BCUT2D eigenvalue weighted by atomic mass is 10.2. The third-order valence-electron chi connectivity index (χ3n) is 4.68. The van der Waals surface area contributed by atoms with Crippen LogP contribution in [0.5, 0.6) is 5.75 Å². The van der Waals surface area contributed by atoms with Gasteiger partial charge in [-0.2, -0.15) is 0 Å². The number of carbonyl (C=O) groups excluding carboxylic acids is 2. The zero-order valence-electron chi connectivity index (χ0n) is 17.4. The largest absolute Gasteiger partial charge is 0.489 e. The van der Waals surface area contributed by atoms with E-state index in [1.54, 1.807) is 48.5 Å². The molecule has 2 N–H and O–H groups in total. The molecule has 0 aliphatic rings. The van der Waals surface area contributed by atoms with Crippen LogP contribution in [0, 0.1) is 13.8 Å². The minimum absolute atomic E-state index is 0.114. The molecule has 0 spiro atoms. The summed E-state index contributed by atoms with van der Waals surface area (Å²) < 4.78 is 10.9. The van der Waals surface area contributed by atoms with Gasteiger partial charge < -0.3 is 19.9 Å². The zero-order chi connectivity index (χ0) is 22.2. The minimum Gasteiger partial charge on any atom is -0.489 e. The molecule has 0 saturated carbocycles. The van der Waals surface area contributed by atoms with Crippen molar-refractivity contribution in [2.24, 2.45) is 0 Å². The molecule has 3 rings (SSSR count). The quantitative estimate of drug-likeness (QED) is 0.470. The zero-order valence-corrected chi connectivity index (χ0v) is 18.2. The van der Waals surface area contributed by atoms with E-state index in [4.69, 9.17) is 20.9 Å². The van der Waals surface area contributed by atoms with Crippen molar-refractivity contribution in [1.82, 2.24) is 10.5 Å². The predicted octanol–water partition coefficient (Wildman–Crippen LogP) is 4.67. The number of amides is 2. The van der Waals surface area contributed by atoms with Gasteiger partial charge in [0.05, 0.1) is 11.3 Å². The maximum Gasteiger partial charge on any atom is 0.251 e. The second kappa shape index (κ2) is 10.6. The Labute approximate surface area is 185 Å². The Hall–Kier alpha value is -3.32. The van der Waals surface area contributed by atoms with E-state index in [0.29, 0.717) is 48.0 Å². The molecule has 0 bridgehead atoms. The maximum absolute atomic E-state index is 12.3. The van der Waals surface area contributed by atoms with E-state index in [1.807, 2.05) is 13.8 Å². The van der Waals surface area contributed by atoms with Gasteiger partial charge in [-0.15, -0.1) is 0 Å². The first-order chi connectivity index (χ1) is 14.9. The van der Waals surface area contributed by atoms with Crippen molar-refractivity contribution in [3.05, 3.63) is 76.1 Å². The molecular weight excluding hydrogens is 418 g/mol. The summed E-state index contributed by atoms with van der Waals surface area (Å²) in [5, 5.41) is 10.1. The number of anilines is 1. The van der Waals surface area contributed by atoms with Gasteiger partial charge in [0.15, 0.2) is 0 Å². The number of nitrogens with zero attached hydrogens (tertiary/aromatic N) is 1. The van der Waals surface area contributed by atoms with Crippen molar-refractivity contribution in [3.8, 4) is 5.75 Å². The SMILES string of the molecule is Cc1noc(C)c1COc1ccc(C(=O)NCCCC(=O)Nc2ccc(Cl)cc2)cc1.